The van der Waals surface area contributed by atoms with E-state index in [-0.39, 0.29) is 4.91 Å². The van der Waals surface area contributed by atoms with E-state index in [4.69, 9.17) is 0 Å². The normalized spacial score (nSPS) is 17.2. The molecule has 1 aromatic carbocycles. The summed E-state index contributed by atoms with van der Waals surface area (Å²) >= 11 is 0. The first-order chi connectivity index (χ1) is 7.18. The van der Waals surface area contributed by atoms with Crippen LogP contribution in [0.1, 0.15) is 0 Å². The number of nitrogens with one attached hydrogen (secondary N) is 1. The van der Waals surface area contributed by atoms with Crippen LogP contribution in [0.15, 0.2) is 46.2 Å². The highest BCUT2D eigenvalue weighted by molar-refractivity contribution is 7.90. The molecule has 15 heavy (non-hydrogen) atoms. The lowest BCUT2D eigenvalue weighted by Crippen LogP contribution is -2.23. The highest BCUT2D eigenvalue weighted by Crippen LogP contribution is 2.16. The van der Waals surface area contributed by atoms with Gasteiger partial charge in [-0.1, -0.05) is 18.2 Å². The second-order valence-electron chi connectivity index (χ2n) is 2.91. The molecule has 0 radical (unpaired) electrons. The van der Waals surface area contributed by atoms with E-state index in [1.807, 2.05) is 0 Å². The minimum absolute atomic E-state index is 0.00574. The Hall–Kier alpha value is -1.75. The number of imide groups is 1. The van der Waals surface area contributed by atoms with Crippen molar-refractivity contribution >= 4 is 22.6 Å². The molecule has 0 aromatic heterocycles. The van der Waals surface area contributed by atoms with Gasteiger partial charge in [-0.25, -0.2) is 4.21 Å². The summed E-state index contributed by atoms with van der Waals surface area (Å²) in [5.74, 6) is -1.10. The van der Waals surface area contributed by atoms with Crippen LogP contribution in [-0.2, 0) is 20.4 Å². The molecule has 1 atom stereocenters. The maximum Gasteiger partial charge on any atom is 0.267 e. The lowest BCUT2D eigenvalue weighted by atomic mass is 10.4. The maximum absolute atomic E-state index is 11.8. The van der Waals surface area contributed by atoms with E-state index in [0.29, 0.717) is 4.90 Å². The average molecular weight is 221 g/mol. The van der Waals surface area contributed by atoms with Crippen LogP contribution in [0.5, 0.6) is 0 Å². The van der Waals surface area contributed by atoms with Gasteiger partial charge in [0.1, 0.15) is 4.91 Å². The molecule has 1 aliphatic heterocycles. The van der Waals surface area contributed by atoms with Gasteiger partial charge in [-0.15, -0.1) is 0 Å². The summed E-state index contributed by atoms with van der Waals surface area (Å²) in [4.78, 5) is 22.6. The Morgan fingerprint density at radius 3 is 2.27 bits per heavy atom. The standard InChI is InChI=1S/C10H7NO3S/c12-9-6-8(10(13)11-9)15(14)7-4-2-1-3-5-7/h1-6H,(H,11,12,13). The molecule has 2 amide bonds. The largest absolute Gasteiger partial charge is 0.288 e. The first kappa shape index (κ1) is 9.79. The summed E-state index contributed by atoms with van der Waals surface area (Å²) in [7, 11) is -1.58. The predicted molar refractivity (Wildman–Crippen MR) is 54.1 cm³/mol. The Kier molecular flexibility index (Phi) is 2.47. The number of hydrogen-bond donors (Lipinski definition) is 1. The van der Waals surface area contributed by atoms with Crippen molar-refractivity contribution in [3.8, 4) is 0 Å². The number of hydrogen-bond acceptors (Lipinski definition) is 3. The van der Waals surface area contributed by atoms with Crippen molar-refractivity contribution in [1.29, 1.82) is 0 Å². The Morgan fingerprint density at radius 1 is 1.07 bits per heavy atom. The van der Waals surface area contributed by atoms with Crippen LogP contribution in [0.4, 0.5) is 0 Å². The summed E-state index contributed by atoms with van der Waals surface area (Å²) in [6.07, 6.45) is 1.07. The molecule has 5 heteroatoms. The second-order valence-corrected chi connectivity index (χ2v) is 4.36. The highest BCUT2D eigenvalue weighted by Gasteiger charge is 2.26. The van der Waals surface area contributed by atoms with Gasteiger partial charge in [-0.2, -0.15) is 0 Å². The van der Waals surface area contributed by atoms with Gasteiger partial charge in [0.2, 0.25) is 0 Å². The lowest BCUT2D eigenvalue weighted by molar-refractivity contribution is -0.123. The van der Waals surface area contributed by atoms with Gasteiger partial charge in [0.25, 0.3) is 11.8 Å². The third-order valence-electron chi connectivity index (χ3n) is 1.88. The Morgan fingerprint density at radius 2 is 1.73 bits per heavy atom. The van der Waals surface area contributed by atoms with Crippen LogP contribution in [0.2, 0.25) is 0 Å². The molecule has 4 nitrogen and oxygen atoms in total. The van der Waals surface area contributed by atoms with Gasteiger partial charge in [-0.3, -0.25) is 14.9 Å². The summed E-state index contributed by atoms with van der Waals surface area (Å²) in [6, 6.07) is 8.53. The van der Waals surface area contributed by atoms with Crippen molar-refractivity contribution < 1.29 is 13.8 Å². The van der Waals surface area contributed by atoms with Gasteiger partial charge in [0, 0.05) is 11.0 Å². The summed E-state index contributed by atoms with van der Waals surface area (Å²) in [5.41, 5.74) is 0. The summed E-state index contributed by atoms with van der Waals surface area (Å²) in [5, 5.41) is 2.05. The fourth-order valence-corrected chi connectivity index (χ4v) is 2.29. The van der Waals surface area contributed by atoms with Crippen molar-refractivity contribution in [1.82, 2.24) is 5.32 Å². The van der Waals surface area contributed by atoms with E-state index < -0.39 is 22.6 Å². The van der Waals surface area contributed by atoms with Gasteiger partial charge in [-0.05, 0) is 12.1 Å². The number of rotatable bonds is 2. The van der Waals surface area contributed by atoms with Crippen molar-refractivity contribution in [2.45, 2.75) is 4.90 Å². The monoisotopic (exact) mass is 221 g/mol. The van der Waals surface area contributed by atoms with Crippen LogP contribution in [0, 0.1) is 0 Å². The fourth-order valence-electron chi connectivity index (χ4n) is 1.20. The zero-order chi connectivity index (χ0) is 10.8. The molecule has 0 aliphatic carbocycles. The quantitative estimate of drug-likeness (QED) is 0.732. The topological polar surface area (TPSA) is 63.2 Å². The first-order valence-corrected chi connectivity index (χ1v) is 5.37. The molecule has 0 saturated carbocycles. The van der Waals surface area contributed by atoms with Crippen molar-refractivity contribution in [2.24, 2.45) is 0 Å². The minimum atomic E-state index is -1.58. The third kappa shape index (κ3) is 1.87. The van der Waals surface area contributed by atoms with E-state index in [0.717, 1.165) is 6.08 Å². The predicted octanol–water partition coefficient (Wildman–Crippen LogP) is 0.334. The Labute approximate surface area is 88.4 Å². The Bertz CT molecular complexity index is 479. The average Bonchev–Trinajstić information content (AvgIpc) is 2.58. The molecule has 1 unspecified atom stereocenters. The van der Waals surface area contributed by atoms with Crippen molar-refractivity contribution in [3.63, 3.8) is 0 Å². The highest BCUT2D eigenvalue weighted by atomic mass is 32.2. The van der Waals surface area contributed by atoms with Crippen molar-refractivity contribution in [3.05, 3.63) is 41.3 Å². The molecule has 2 rings (SSSR count). The number of carbonyl (C=O) groups is 2. The van der Waals surface area contributed by atoms with Gasteiger partial charge in [0.05, 0.1) is 10.8 Å². The van der Waals surface area contributed by atoms with E-state index in [1.54, 1.807) is 30.3 Å². The van der Waals surface area contributed by atoms with Crippen molar-refractivity contribution in [2.75, 3.05) is 0 Å². The molecule has 76 valence electrons. The molecule has 1 heterocycles. The third-order valence-corrected chi connectivity index (χ3v) is 3.28. The van der Waals surface area contributed by atoms with Crippen LogP contribution in [0.25, 0.3) is 0 Å². The molecular weight excluding hydrogens is 214 g/mol. The Balaban J connectivity index is 2.34. The second kappa shape index (κ2) is 3.78. The first-order valence-electron chi connectivity index (χ1n) is 4.22. The fraction of sp³-hybridized carbons (Fsp3) is 0. The minimum Gasteiger partial charge on any atom is -0.288 e. The van der Waals surface area contributed by atoms with Crippen LogP contribution < -0.4 is 5.32 Å². The molecule has 0 spiro atoms. The summed E-state index contributed by atoms with van der Waals surface area (Å²) < 4.78 is 11.8. The maximum atomic E-state index is 11.8. The van der Waals surface area contributed by atoms with Gasteiger partial charge in [0.15, 0.2) is 0 Å². The number of carbonyl (C=O) groups excluding carboxylic acids is 2. The van der Waals surface area contributed by atoms with Crippen LogP contribution in [-0.4, -0.2) is 16.0 Å². The molecule has 1 N–H and O–H groups in total. The molecule has 1 aromatic rings. The lowest BCUT2D eigenvalue weighted by Gasteiger charge is -1.99. The molecule has 0 fully saturated rings. The molecule has 1 aliphatic rings. The van der Waals surface area contributed by atoms with E-state index in [1.165, 1.54) is 0 Å². The smallest absolute Gasteiger partial charge is 0.267 e. The van der Waals surface area contributed by atoms with Crippen LogP contribution >= 0.6 is 0 Å². The van der Waals surface area contributed by atoms with E-state index in [2.05, 4.69) is 5.32 Å². The summed E-state index contributed by atoms with van der Waals surface area (Å²) in [6.45, 7) is 0. The molecule has 0 saturated heterocycles. The SMILES string of the molecule is O=C1C=C(S(=O)c2ccccc2)C(=O)N1. The van der Waals surface area contributed by atoms with Gasteiger partial charge < -0.3 is 0 Å². The van der Waals surface area contributed by atoms with Crippen LogP contribution in [0.3, 0.4) is 0 Å². The zero-order valence-electron chi connectivity index (χ0n) is 7.60. The van der Waals surface area contributed by atoms with E-state index in [9.17, 15) is 13.8 Å². The van der Waals surface area contributed by atoms with Gasteiger partial charge >= 0.3 is 0 Å². The molecule has 0 bridgehead atoms. The van der Waals surface area contributed by atoms with E-state index >= 15 is 0 Å². The number of amides is 2. The zero-order valence-corrected chi connectivity index (χ0v) is 8.41. The molecular formula is C10H7NO3S. The number of benzene rings is 1.